The second kappa shape index (κ2) is 10.2. The topological polar surface area (TPSA) is 32.3 Å². The molecule has 3 nitrogen and oxygen atoms in total. The minimum absolute atomic E-state index is 0.132. The lowest BCUT2D eigenvalue weighted by atomic mass is 9.98. The third-order valence-corrected chi connectivity index (χ3v) is 5.64. The van der Waals surface area contributed by atoms with E-state index in [0.29, 0.717) is 12.3 Å². The normalized spacial score (nSPS) is 14.7. The standard InChI is InChI=1S/C26H32N2O/c1-4-5-9-22-12-8-13-23(21(22)3)14-15-26(29)27-16-20(2)17-28-18-24-10-6-7-11-25(24)19-28/h4-13,20H,1,14-19H2,2-3H3,(H,27,29)/b9-5-. The second-order valence-corrected chi connectivity index (χ2v) is 8.07. The molecule has 1 heterocycles. The van der Waals surface area contributed by atoms with Crippen LogP contribution in [0.25, 0.3) is 6.08 Å². The highest BCUT2D eigenvalue weighted by Gasteiger charge is 2.20. The van der Waals surface area contributed by atoms with Gasteiger partial charge in [0.05, 0.1) is 0 Å². The van der Waals surface area contributed by atoms with Crippen LogP contribution in [0.1, 0.15) is 41.2 Å². The van der Waals surface area contributed by atoms with Crippen LogP contribution in [0.4, 0.5) is 0 Å². The van der Waals surface area contributed by atoms with Crippen LogP contribution in [0.2, 0.25) is 0 Å². The molecule has 0 saturated heterocycles. The van der Waals surface area contributed by atoms with E-state index in [0.717, 1.165) is 32.6 Å². The van der Waals surface area contributed by atoms with Gasteiger partial charge < -0.3 is 5.32 Å². The summed E-state index contributed by atoms with van der Waals surface area (Å²) < 4.78 is 0. The summed E-state index contributed by atoms with van der Waals surface area (Å²) >= 11 is 0. The van der Waals surface area contributed by atoms with Gasteiger partial charge in [0.2, 0.25) is 5.91 Å². The maximum absolute atomic E-state index is 12.4. The second-order valence-electron chi connectivity index (χ2n) is 8.07. The summed E-state index contributed by atoms with van der Waals surface area (Å²) in [6.45, 7) is 11.8. The number of benzene rings is 2. The number of carbonyl (C=O) groups is 1. The zero-order valence-electron chi connectivity index (χ0n) is 17.7. The maximum Gasteiger partial charge on any atom is 0.220 e. The van der Waals surface area contributed by atoms with Crippen molar-refractivity contribution in [1.82, 2.24) is 10.2 Å². The van der Waals surface area contributed by atoms with Gasteiger partial charge in [0.1, 0.15) is 0 Å². The largest absolute Gasteiger partial charge is 0.356 e. The predicted molar refractivity (Wildman–Crippen MR) is 121 cm³/mol. The van der Waals surface area contributed by atoms with Gasteiger partial charge in [-0.25, -0.2) is 0 Å². The summed E-state index contributed by atoms with van der Waals surface area (Å²) in [5.41, 5.74) is 6.52. The SMILES string of the molecule is C=C/C=C\c1cccc(CCC(=O)NCC(C)CN2Cc3ccccc3C2)c1C. The van der Waals surface area contributed by atoms with E-state index in [4.69, 9.17) is 0 Å². The zero-order chi connectivity index (χ0) is 20.6. The molecule has 0 radical (unpaired) electrons. The van der Waals surface area contributed by atoms with E-state index in [-0.39, 0.29) is 5.91 Å². The number of carbonyl (C=O) groups excluding carboxylic acids is 1. The molecular formula is C26H32N2O. The first-order valence-corrected chi connectivity index (χ1v) is 10.5. The van der Waals surface area contributed by atoms with Gasteiger partial charge in [-0.1, -0.05) is 74.2 Å². The molecule has 3 heteroatoms. The molecule has 0 spiro atoms. The fourth-order valence-electron chi connectivity index (χ4n) is 3.99. The Morgan fingerprint density at radius 1 is 1.17 bits per heavy atom. The number of hydrogen-bond donors (Lipinski definition) is 1. The number of rotatable bonds is 9. The lowest BCUT2D eigenvalue weighted by Crippen LogP contribution is -2.33. The van der Waals surface area contributed by atoms with Crippen LogP contribution in [-0.2, 0) is 24.3 Å². The Balaban J connectivity index is 1.41. The quantitative estimate of drug-likeness (QED) is 0.620. The van der Waals surface area contributed by atoms with Gasteiger partial charge in [-0.3, -0.25) is 9.69 Å². The third-order valence-electron chi connectivity index (χ3n) is 5.64. The van der Waals surface area contributed by atoms with Crippen molar-refractivity contribution in [1.29, 1.82) is 0 Å². The number of allylic oxidation sites excluding steroid dienone is 2. The summed E-state index contributed by atoms with van der Waals surface area (Å²) in [6.07, 6.45) is 7.07. The Kier molecular flexibility index (Phi) is 7.42. The number of nitrogens with zero attached hydrogens (tertiary/aromatic N) is 1. The van der Waals surface area contributed by atoms with Crippen molar-refractivity contribution in [2.45, 2.75) is 39.8 Å². The van der Waals surface area contributed by atoms with Crippen molar-refractivity contribution in [3.05, 3.63) is 89.0 Å². The molecule has 152 valence electrons. The first kappa shape index (κ1) is 21.1. The molecule has 1 unspecified atom stereocenters. The van der Waals surface area contributed by atoms with E-state index in [9.17, 15) is 4.79 Å². The molecule has 2 aromatic carbocycles. The van der Waals surface area contributed by atoms with Crippen molar-refractivity contribution < 1.29 is 4.79 Å². The Hall–Kier alpha value is -2.65. The average Bonchev–Trinajstić information content (AvgIpc) is 3.12. The Labute approximate surface area is 175 Å². The lowest BCUT2D eigenvalue weighted by molar-refractivity contribution is -0.121. The third kappa shape index (κ3) is 5.91. The number of amides is 1. The van der Waals surface area contributed by atoms with E-state index >= 15 is 0 Å². The fourth-order valence-corrected chi connectivity index (χ4v) is 3.99. The molecule has 1 aliphatic rings. The van der Waals surface area contributed by atoms with Crippen LogP contribution in [0.3, 0.4) is 0 Å². The molecule has 0 aromatic heterocycles. The summed E-state index contributed by atoms with van der Waals surface area (Å²) in [5, 5.41) is 3.12. The zero-order valence-corrected chi connectivity index (χ0v) is 17.7. The van der Waals surface area contributed by atoms with Gasteiger partial charge in [0.15, 0.2) is 0 Å². The van der Waals surface area contributed by atoms with Crippen LogP contribution < -0.4 is 5.32 Å². The molecule has 1 N–H and O–H groups in total. The van der Waals surface area contributed by atoms with Crippen LogP contribution in [-0.4, -0.2) is 23.9 Å². The molecule has 1 amide bonds. The first-order chi connectivity index (χ1) is 14.1. The molecule has 0 fully saturated rings. The smallest absolute Gasteiger partial charge is 0.220 e. The van der Waals surface area contributed by atoms with Crippen molar-refractivity contribution in [2.75, 3.05) is 13.1 Å². The molecule has 2 aromatic rings. The van der Waals surface area contributed by atoms with Gasteiger partial charge in [-0.15, -0.1) is 0 Å². The summed E-state index contributed by atoms with van der Waals surface area (Å²) in [4.78, 5) is 14.8. The van der Waals surface area contributed by atoms with Crippen molar-refractivity contribution in [3.63, 3.8) is 0 Å². The number of aryl methyl sites for hydroxylation is 1. The van der Waals surface area contributed by atoms with Crippen molar-refractivity contribution in [3.8, 4) is 0 Å². The van der Waals surface area contributed by atoms with E-state index in [1.165, 1.54) is 27.8 Å². The molecule has 0 saturated carbocycles. The van der Waals surface area contributed by atoms with Crippen molar-refractivity contribution in [2.24, 2.45) is 5.92 Å². The molecule has 29 heavy (non-hydrogen) atoms. The number of nitrogens with one attached hydrogen (secondary N) is 1. The predicted octanol–water partition coefficient (Wildman–Crippen LogP) is 4.89. The summed E-state index contributed by atoms with van der Waals surface area (Å²) in [6, 6.07) is 14.9. The summed E-state index contributed by atoms with van der Waals surface area (Å²) in [7, 11) is 0. The fraction of sp³-hybridized carbons (Fsp3) is 0.346. The highest BCUT2D eigenvalue weighted by Crippen LogP contribution is 2.23. The highest BCUT2D eigenvalue weighted by atomic mass is 16.1. The Morgan fingerprint density at radius 2 is 1.90 bits per heavy atom. The number of hydrogen-bond acceptors (Lipinski definition) is 2. The van der Waals surface area contributed by atoms with E-state index in [2.05, 4.69) is 79.2 Å². The lowest BCUT2D eigenvalue weighted by Gasteiger charge is -2.20. The molecular weight excluding hydrogens is 356 g/mol. The van der Waals surface area contributed by atoms with Crippen LogP contribution >= 0.6 is 0 Å². The van der Waals surface area contributed by atoms with E-state index in [1.807, 2.05) is 6.08 Å². The van der Waals surface area contributed by atoms with Crippen LogP contribution in [0.5, 0.6) is 0 Å². The molecule has 0 aliphatic carbocycles. The van der Waals surface area contributed by atoms with Gasteiger partial charge in [-0.05, 0) is 47.1 Å². The molecule has 1 atom stereocenters. The Morgan fingerprint density at radius 3 is 2.59 bits per heavy atom. The molecule has 1 aliphatic heterocycles. The van der Waals surface area contributed by atoms with E-state index < -0.39 is 0 Å². The van der Waals surface area contributed by atoms with Crippen molar-refractivity contribution >= 4 is 12.0 Å². The average molecular weight is 389 g/mol. The van der Waals surface area contributed by atoms with Crippen LogP contribution in [0.15, 0.2) is 61.2 Å². The minimum atomic E-state index is 0.132. The van der Waals surface area contributed by atoms with E-state index in [1.54, 1.807) is 6.08 Å². The van der Waals surface area contributed by atoms with Gasteiger partial charge in [0.25, 0.3) is 0 Å². The van der Waals surface area contributed by atoms with Gasteiger partial charge in [0, 0.05) is 32.6 Å². The summed E-state index contributed by atoms with van der Waals surface area (Å²) in [5.74, 6) is 0.565. The maximum atomic E-state index is 12.4. The van der Waals surface area contributed by atoms with Gasteiger partial charge >= 0.3 is 0 Å². The monoisotopic (exact) mass is 388 g/mol. The Bertz CT molecular complexity index is 859. The minimum Gasteiger partial charge on any atom is -0.356 e. The first-order valence-electron chi connectivity index (χ1n) is 10.5. The molecule has 0 bridgehead atoms. The molecule has 3 rings (SSSR count). The van der Waals surface area contributed by atoms with Crippen LogP contribution in [0, 0.1) is 12.8 Å². The number of fused-ring (bicyclic) bond motifs is 1. The van der Waals surface area contributed by atoms with Gasteiger partial charge in [-0.2, -0.15) is 0 Å². The highest BCUT2D eigenvalue weighted by molar-refractivity contribution is 5.76.